The summed E-state index contributed by atoms with van der Waals surface area (Å²) in [6, 6.07) is 0.995. The van der Waals surface area contributed by atoms with Gasteiger partial charge in [0.15, 0.2) is 5.82 Å². The largest absolute Gasteiger partial charge is 0.380 e. The van der Waals surface area contributed by atoms with Crippen molar-refractivity contribution in [2.75, 3.05) is 36.5 Å². The van der Waals surface area contributed by atoms with Crippen LogP contribution in [0.5, 0.6) is 0 Å². The molecular formula is C21H30N8O. The Bertz CT molecular complexity index is 997. The summed E-state index contributed by atoms with van der Waals surface area (Å²) in [5.41, 5.74) is 2.71. The first-order valence-corrected chi connectivity index (χ1v) is 11.0. The Morgan fingerprint density at radius 2 is 2.23 bits per heavy atom. The number of aliphatic imine (C=N–C) groups is 1. The topological polar surface area (TPSA) is 92.5 Å². The van der Waals surface area contributed by atoms with Gasteiger partial charge in [0.1, 0.15) is 16.9 Å². The number of nitrogens with zero attached hydrogens (tertiary/aromatic N) is 6. The molecule has 0 radical (unpaired) electrons. The fourth-order valence-electron chi connectivity index (χ4n) is 4.52. The van der Waals surface area contributed by atoms with Crippen LogP contribution in [0.25, 0.3) is 11.0 Å². The SMILES string of the molecule is CCOCCn1nc(C)c2nc(N3C[C@@H]4C[C@H]3CN4)nc(NC3=CCC(C)C=N3)c21. The van der Waals surface area contributed by atoms with Crippen molar-refractivity contribution in [2.45, 2.75) is 52.2 Å². The minimum Gasteiger partial charge on any atom is -0.380 e. The van der Waals surface area contributed by atoms with Crippen LogP contribution in [0.2, 0.25) is 0 Å². The lowest BCUT2D eigenvalue weighted by atomic mass is 10.1. The average molecular weight is 411 g/mol. The van der Waals surface area contributed by atoms with E-state index in [4.69, 9.17) is 19.8 Å². The third-order valence-corrected chi connectivity index (χ3v) is 6.11. The molecule has 0 aromatic carbocycles. The number of rotatable bonds is 7. The molecule has 5 heterocycles. The van der Waals surface area contributed by atoms with Gasteiger partial charge in [-0.05, 0) is 38.7 Å². The van der Waals surface area contributed by atoms with Crippen molar-refractivity contribution in [1.29, 1.82) is 0 Å². The molecule has 2 saturated heterocycles. The van der Waals surface area contributed by atoms with E-state index in [1.54, 1.807) is 0 Å². The summed E-state index contributed by atoms with van der Waals surface area (Å²) < 4.78 is 7.52. The van der Waals surface area contributed by atoms with E-state index in [9.17, 15) is 0 Å². The molecule has 2 N–H and O–H groups in total. The number of nitrogens with one attached hydrogen (secondary N) is 2. The highest BCUT2D eigenvalue weighted by Gasteiger charge is 2.39. The van der Waals surface area contributed by atoms with Gasteiger partial charge >= 0.3 is 0 Å². The normalized spacial score (nSPS) is 25.4. The van der Waals surface area contributed by atoms with Crippen LogP contribution in [-0.4, -0.2) is 64.4 Å². The summed E-state index contributed by atoms with van der Waals surface area (Å²) >= 11 is 0. The molecular weight excluding hydrogens is 380 g/mol. The summed E-state index contributed by atoms with van der Waals surface area (Å²) in [7, 11) is 0. The highest BCUT2D eigenvalue weighted by molar-refractivity contribution is 5.89. The second-order valence-corrected chi connectivity index (χ2v) is 8.43. The molecule has 0 spiro atoms. The zero-order valence-electron chi connectivity index (χ0n) is 17.9. The first kappa shape index (κ1) is 19.4. The van der Waals surface area contributed by atoms with E-state index in [2.05, 4.69) is 33.5 Å². The van der Waals surface area contributed by atoms with Gasteiger partial charge in [-0.25, -0.2) is 9.98 Å². The molecule has 0 aliphatic carbocycles. The summed E-state index contributed by atoms with van der Waals surface area (Å²) in [6.45, 7) is 10.1. The Morgan fingerprint density at radius 3 is 2.93 bits per heavy atom. The molecule has 3 aliphatic heterocycles. The molecule has 2 aromatic heterocycles. The fraction of sp³-hybridized carbons (Fsp3) is 0.619. The van der Waals surface area contributed by atoms with E-state index >= 15 is 0 Å². The summed E-state index contributed by atoms with van der Waals surface area (Å²) in [4.78, 5) is 16.8. The summed E-state index contributed by atoms with van der Waals surface area (Å²) in [5, 5.41) is 11.8. The fourth-order valence-corrected chi connectivity index (χ4v) is 4.52. The van der Waals surface area contributed by atoms with Crippen LogP contribution in [-0.2, 0) is 11.3 Å². The van der Waals surface area contributed by atoms with Gasteiger partial charge in [-0.2, -0.15) is 10.1 Å². The van der Waals surface area contributed by atoms with Crippen LogP contribution < -0.4 is 15.5 Å². The summed E-state index contributed by atoms with van der Waals surface area (Å²) in [5.74, 6) is 2.84. The number of aromatic nitrogens is 4. The predicted molar refractivity (Wildman–Crippen MR) is 118 cm³/mol. The van der Waals surface area contributed by atoms with Gasteiger partial charge in [0.2, 0.25) is 5.95 Å². The molecule has 160 valence electrons. The number of fused-ring (bicyclic) bond motifs is 3. The maximum Gasteiger partial charge on any atom is 0.228 e. The third kappa shape index (κ3) is 3.56. The molecule has 3 aliphatic rings. The molecule has 9 nitrogen and oxygen atoms in total. The van der Waals surface area contributed by atoms with Gasteiger partial charge in [0.25, 0.3) is 0 Å². The van der Waals surface area contributed by atoms with Crippen LogP contribution in [0.3, 0.4) is 0 Å². The van der Waals surface area contributed by atoms with Crippen molar-refractivity contribution in [3.63, 3.8) is 0 Å². The Kier molecular flexibility index (Phi) is 5.16. The minimum atomic E-state index is 0.460. The number of piperazine rings is 1. The first-order chi connectivity index (χ1) is 14.6. The Labute approximate surface area is 176 Å². The van der Waals surface area contributed by atoms with Crippen molar-refractivity contribution in [3.05, 3.63) is 17.6 Å². The van der Waals surface area contributed by atoms with Crippen molar-refractivity contribution >= 4 is 29.0 Å². The molecule has 9 heteroatoms. The molecule has 3 atom stereocenters. The van der Waals surface area contributed by atoms with E-state index in [-0.39, 0.29) is 0 Å². The molecule has 30 heavy (non-hydrogen) atoms. The van der Waals surface area contributed by atoms with Crippen LogP contribution in [0.1, 0.15) is 32.4 Å². The van der Waals surface area contributed by atoms with Crippen LogP contribution in [0.4, 0.5) is 11.8 Å². The number of allylic oxidation sites excluding steroid dienone is 1. The van der Waals surface area contributed by atoms with E-state index < -0.39 is 0 Å². The first-order valence-electron chi connectivity index (χ1n) is 11.0. The average Bonchev–Trinajstić information content (AvgIpc) is 3.45. The number of anilines is 2. The van der Waals surface area contributed by atoms with Crippen molar-refractivity contribution < 1.29 is 4.74 Å². The minimum absolute atomic E-state index is 0.460. The standard InChI is InChI=1S/C21H30N8O/c1-4-30-8-7-29-19-18(14(3)27-29)25-21(28-12-15-9-16(28)11-22-15)26-20(19)24-17-6-5-13(2)10-23-17/h6,10,13,15-16,22H,4-5,7-9,11-12H2,1-3H3,(H,24,25,26)/t13?,15-,16-/m0/s1. The predicted octanol–water partition coefficient (Wildman–Crippen LogP) is 2.09. The number of hydrogen-bond donors (Lipinski definition) is 2. The van der Waals surface area contributed by atoms with Gasteiger partial charge in [0, 0.05) is 38.0 Å². The van der Waals surface area contributed by atoms with E-state index in [1.807, 2.05) is 24.7 Å². The van der Waals surface area contributed by atoms with Gasteiger partial charge in [-0.3, -0.25) is 4.68 Å². The lowest BCUT2D eigenvalue weighted by Crippen LogP contribution is -2.44. The maximum absolute atomic E-state index is 5.56. The highest BCUT2D eigenvalue weighted by Crippen LogP contribution is 2.32. The van der Waals surface area contributed by atoms with Crippen molar-refractivity contribution in [3.8, 4) is 0 Å². The number of ether oxygens (including phenoxy) is 1. The van der Waals surface area contributed by atoms with E-state index in [0.717, 1.165) is 60.2 Å². The van der Waals surface area contributed by atoms with Gasteiger partial charge < -0.3 is 20.3 Å². The summed E-state index contributed by atoms with van der Waals surface area (Å²) in [6.07, 6.45) is 6.25. The maximum atomic E-state index is 5.56. The quantitative estimate of drug-likeness (QED) is 0.675. The van der Waals surface area contributed by atoms with Crippen LogP contribution >= 0.6 is 0 Å². The molecule has 1 unspecified atom stereocenters. The second kappa shape index (κ2) is 7.96. The Hall–Kier alpha value is -2.52. The monoisotopic (exact) mass is 410 g/mol. The number of aryl methyl sites for hydroxylation is 1. The lowest BCUT2D eigenvalue weighted by molar-refractivity contribution is 0.137. The van der Waals surface area contributed by atoms with Gasteiger partial charge in [0.05, 0.1) is 18.8 Å². The van der Waals surface area contributed by atoms with Crippen molar-refractivity contribution in [1.82, 2.24) is 25.1 Å². The number of hydrogen-bond acceptors (Lipinski definition) is 8. The molecule has 2 fully saturated rings. The highest BCUT2D eigenvalue weighted by atomic mass is 16.5. The third-order valence-electron chi connectivity index (χ3n) is 6.11. The second-order valence-electron chi connectivity index (χ2n) is 8.43. The molecule has 0 saturated carbocycles. The zero-order chi connectivity index (χ0) is 20.7. The van der Waals surface area contributed by atoms with Crippen molar-refractivity contribution in [2.24, 2.45) is 10.9 Å². The van der Waals surface area contributed by atoms with Gasteiger partial charge in [-0.1, -0.05) is 6.92 Å². The lowest BCUT2D eigenvalue weighted by Gasteiger charge is -2.28. The zero-order valence-corrected chi connectivity index (χ0v) is 17.9. The van der Waals surface area contributed by atoms with Gasteiger partial charge in [-0.15, -0.1) is 0 Å². The smallest absolute Gasteiger partial charge is 0.228 e. The molecule has 2 aromatic rings. The van der Waals surface area contributed by atoms with Crippen LogP contribution in [0.15, 0.2) is 16.9 Å². The molecule has 2 bridgehead atoms. The Balaban J connectivity index is 1.55. The Morgan fingerprint density at radius 1 is 1.33 bits per heavy atom. The van der Waals surface area contributed by atoms with Crippen LogP contribution in [0, 0.1) is 12.8 Å². The molecule has 5 rings (SSSR count). The van der Waals surface area contributed by atoms with E-state index in [1.165, 1.54) is 0 Å². The molecule has 0 amide bonds. The van der Waals surface area contributed by atoms with E-state index in [0.29, 0.717) is 37.8 Å².